The molecule has 0 bridgehead atoms. The second-order valence-electron chi connectivity index (χ2n) is 3.66. The summed E-state index contributed by atoms with van der Waals surface area (Å²) in [6.45, 7) is 6.01. The summed E-state index contributed by atoms with van der Waals surface area (Å²) in [5, 5.41) is 2.90. The van der Waals surface area contributed by atoms with E-state index in [9.17, 15) is 4.79 Å². The molecule has 1 aromatic heterocycles. The zero-order valence-corrected chi connectivity index (χ0v) is 8.22. The van der Waals surface area contributed by atoms with Gasteiger partial charge in [0.15, 0.2) is 0 Å². The fourth-order valence-electron chi connectivity index (χ4n) is 0.843. The van der Waals surface area contributed by atoms with Gasteiger partial charge in [-0.1, -0.05) is 6.92 Å². The third-order valence-corrected chi connectivity index (χ3v) is 2.08. The molecule has 1 amide bonds. The van der Waals surface area contributed by atoms with E-state index in [0.717, 1.165) is 6.42 Å². The van der Waals surface area contributed by atoms with Crippen molar-refractivity contribution in [2.45, 2.75) is 32.7 Å². The van der Waals surface area contributed by atoms with Gasteiger partial charge in [0.1, 0.15) is 5.69 Å². The van der Waals surface area contributed by atoms with Gasteiger partial charge in [0.05, 0.1) is 12.5 Å². The van der Waals surface area contributed by atoms with Gasteiger partial charge in [-0.05, 0) is 20.3 Å². The maximum absolute atomic E-state index is 11.5. The lowest BCUT2D eigenvalue weighted by molar-refractivity contribution is 0.0906. The van der Waals surface area contributed by atoms with Crippen molar-refractivity contribution in [2.24, 2.45) is 0 Å². The largest absolute Gasteiger partial charge is 0.346 e. The van der Waals surface area contributed by atoms with Gasteiger partial charge in [-0.3, -0.25) is 4.79 Å². The van der Waals surface area contributed by atoms with Crippen molar-refractivity contribution in [3.63, 3.8) is 0 Å². The average Bonchev–Trinajstić information content (AvgIpc) is 2.55. The molecule has 0 aliphatic carbocycles. The monoisotopic (exact) mass is 181 g/mol. The van der Waals surface area contributed by atoms with Crippen LogP contribution >= 0.6 is 0 Å². The first kappa shape index (κ1) is 9.77. The molecule has 0 atom stereocenters. The minimum absolute atomic E-state index is 0.107. The molecule has 0 saturated heterocycles. The van der Waals surface area contributed by atoms with Crippen molar-refractivity contribution < 1.29 is 4.79 Å². The number of imidazole rings is 1. The lowest BCUT2D eigenvalue weighted by atomic mass is 10.0. The van der Waals surface area contributed by atoms with E-state index in [-0.39, 0.29) is 11.4 Å². The van der Waals surface area contributed by atoms with E-state index in [0.29, 0.717) is 5.69 Å². The van der Waals surface area contributed by atoms with E-state index in [2.05, 4.69) is 15.3 Å². The van der Waals surface area contributed by atoms with Gasteiger partial charge in [0, 0.05) is 5.54 Å². The first-order valence-electron chi connectivity index (χ1n) is 4.36. The minimum Gasteiger partial charge on any atom is -0.346 e. The maximum atomic E-state index is 11.5. The Balaban J connectivity index is 2.61. The van der Waals surface area contributed by atoms with Crippen LogP contribution in [0.3, 0.4) is 0 Å². The van der Waals surface area contributed by atoms with Crippen molar-refractivity contribution in [1.82, 2.24) is 15.3 Å². The molecule has 0 unspecified atom stereocenters. The number of aromatic nitrogens is 2. The lowest BCUT2D eigenvalue weighted by Gasteiger charge is -2.23. The number of amides is 1. The number of nitrogens with one attached hydrogen (secondary N) is 2. The Morgan fingerprint density at radius 2 is 2.38 bits per heavy atom. The molecular formula is C9H15N3O. The summed E-state index contributed by atoms with van der Waals surface area (Å²) in [6, 6.07) is 0. The smallest absolute Gasteiger partial charge is 0.269 e. The average molecular weight is 181 g/mol. The Morgan fingerprint density at radius 3 is 2.85 bits per heavy atom. The molecule has 0 radical (unpaired) electrons. The fraction of sp³-hybridized carbons (Fsp3) is 0.556. The summed E-state index contributed by atoms with van der Waals surface area (Å²) < 4.78 is 0. The first-order chi connectivity index (χ1) is 6.05. The number of hydrogen-bond acceptors (Lipinski definition) is 2. The molecule has 2 N–H and O–H groups in total. The molecular weight excluding hydrogens is 166 g/mol. The molecule has 0 aromatic carbocycles. The van der Waals surface area contributed by atoms with E-state index in [1.807, 2.05) is 20.8 Å². The molecule has 72 valence electrons. The van der Waals surface area contributed by atoms with Gasteiger partial charge >= 0.3 is 0 Å². The normalized spacial score (nSPS) is 11.3. The predicted octanol–water partition coefficient (Wildman–Crippen LogP) is 1.33. The maximum Gasteiger partial charge on any atom is 0.269 e. The highest BCUT2D eigenvalue weighted by Crippen LogP contribution is 2.07. The first-order valence-corrected chi connectivity index (χ1v) is 4.36. The molecule has 13 heavy (non-hydrogen) atoms. The van der Waals surface area contributed by atoms with Crippen molar-refractivity contribution in [3.8, 4) is 0 Å². The van der Waals surface area contributed by atoms with Crippen LogP contribution in [0.15, 0.2) is 12.5 Å². The van der Waals surface area contributed by atoms with Crippen molar-refractivity contribution in [1.29, 1.82) is 0 Å². The summed E-state index contributed by atoms with van der Waals surface area (Å²) in [5.41, 5.74) is 0.337. The summed E-state index contributed by atoms with van der Waals surface area (Å²) in [7, 11) is 0. The van der Waals surface area contributed by atoms with Crippen LogP contribution in [-0.4, -0.2) is 21.4 Å². The van der Waals surface area contributed by atoms with Crippen LogP contribution in [0.2, 0.25) is 0 Å². The zero-order valence-electron chi connectivity index (χ0n) is 8.22. The number of hydrogen-bond donors (Lipinski definition) is 2. The van der Waals surface area contributed by atoms with Crippen LogP contribution < -0.4 is 5.32 Å². The molecule has 0 spiro atoms. The number of nitrogens with zero attached hydrogens (tertiary/aromatic N) is 1. The SMILES string of the molecule is CCC(C)(C)NC(=O)c1cnc[nH]1. The van der Waals surface area contributed by atoms with Crippen LogP contribution in [0.1, 0.15) is 37.7 Å². The van der Waals surface area contributed by atoms with Crippen LogP contribution in [0, 0.1) is 0 Å². The summed E-state index contributed by atoms with van der Waals surface area (Å²) in [5.74, 6) is -0.107. The van der Waals surface area contributed by atoms with Crippen LogP contribution in [0.25, 0.3) is 0 Å². The highest BCUT2D eigenvalue weighted by molar-refractivity contribution is 5.92. The molecule has 1 heterocycles. The molecule has 4 heteroatoms. The van der Waals surface area contributed by atoms with Crippen LogP contribution in [0.5, 0.6) is 0 Å². The quantitative estimate of drug-likeness (QED) is 0.739. The second-order valence-corrected chi connectivity index (χ2v) is 3.66. The van der Waals surface area contributed by atoms with Gasteiger partial charge < -0.3 is 10.3 Å². The van der Waals surface area contributed by atoms with E-state index >= 15 is 0 Å². The Bertz CT molecular complexity index is 277. The van der Waals surface area contributed by atoms with E-state index in [4.69, 9.17) is 0 Å². The van der Waals surface area contributed by atoms with Gasteiger partial charge in [0.2, 0.25) is 0 Å². The summed E-state index contributed by atoms with van der Waals surface area (Å²) in [6.07, 6.45) is 3.90. The van der Waals surface area contributed by atoms with E-state index in [1.54, 1.807) is 0 Å². The predicted molar refractivity (Wildman–Crippen MR) is 50.4 cm³/mol. The summed E-state index contributed by atoms with van der Waals surface area (Å²) >= 11 is 0. The Morgan fingerprint density at radius 1 is 1.69 bits per heavy atom. The highest BCUT2D eigenvalue weighted by Gasteiger charge is 2.19. The molecule has 0 saturated carbocycles. The van der Waals surface area contributed by atoms with E-state index in [1.165, 1.54) is 12.5 Å². The van der Waals surface area contributed by atoms with Gasteiger partial charge in [-0.2, -0.15) is 0 Å². The zero-order chi connectivity index (χ0) is 9.90. The molecule has 4 nitrogen and oxygen atoms in total. The number of carbonyl (C=O) groups excluding carboxylic acids is 1. The number of carbonyl (C=O) groups is 1. The van der Waals surface area contributed by atoms with Crippen molar-refractivity contribution >= 4 is 5.91 Å². The van der Waals surface area contributed by atoms with Gasteiger partial charge in [-0.15, -0.1) is 0 Å². The lowest BCUT2D eigenvalue weighted by Crippen LogP contribution is -2.42. The van der Waals surface area contributed by atoms with Crippen LogP contribution in [-0.2, 0) is 0 Å². The van der Waals surface area contributed by atoms with Gasteiger partial charge in [-0.25, -0.2) is 4.98 Å². The molecule has 1 aromatic rings. The highest BCUT2D eigenvalue weighted by atomic mass is 16.2. The number of rotatable bonds is 3. The van der Waals surface area contributed by atoms with Crippen LogP contribution in [0.4, 0.5) is 0 Å². The second kappa shape index (κ2) is 3.60. The Kier molecular flexibility index (Phi) is 2.70. The van der Waals surface area contributed by atoms with Gasteiger partial charge in [0.25, 0.3) is 5.91 Å². The Labute approximate surface area is 77.8 Å². The fourth-order valence-corrected chi connectivity index (χ4v) is 0.843. The summed E-state index contributed by atoms with van der Waals surface area (Å²) in [4.78, 5) is 18.0. The van der Waals surface area contributed by atoms with Crippen molar-refractivity contribution in [3.05, 3.63) is 18.2 Å². The third-order valence-electron chi connectivity index (χ3n) is 2.08. The number of aromatic amines is 1. The number of H-pyrrole nitrogens is 1. The topological polar surface area (TPSA) is 57.8 Å². The Hall–Kier alpha value is -1.32. The minimum atomic E-state index is -0.164. The standard InChI is InChI=1S/C9H15N3O/c1-4-9(2,3)12-8(13)7-5-10-6-11-7/h5-6H,4H2,1-3H3,(H,10,11)(H,12,13). The van der Waals surface area contributed by atoms with E-state index < -0.39 is 0 Å². The molecule has 0 aliphatic heterocycles. The molecule has 1 rings (SSSR count). The van der Waals surface area contributed by atoms with Crippen molar-refractivity contribution in [2.75, 3.05) is 0 Å². The molecule has 0 fully saturated rings. The molecule has 0 aliphatic rings. The third kappa shape index (κ3) is 2.57.